The third-order valence-electron chi connectivity index (χ3n) is 6.34. The molecule has 1 unspecified atom stereocenters. The summed E-state index contributed by atoms with van der Waals surface area (Å²) < 4.78 is 28.6. The Bertz CT molecular complexity index is 1160. The van der Waals surface area contributed by atoms with Crippen molar-refractivity contribution in [1.29, 1.82) is 0 Å². The first-order valence-corrected chi connectivity index (χ1v) is 14.0. The number of nitrogens with two attached hydrogens (primary N) is 1. The molecule has 2 aliphatic rings. The summed E-state index contributed by atoms with van der Waals surface area (Å²) >= 11 is 6.93. The first-order chi connectivity index (χ1) is 16.2. The Balaban J connectivity index is 1.68. The van der Waals surface area contributed by atoms with Crippen LogP contribution in [0.25, 0.3) is 0 Å². The summed E-state index contributed by atoms with van der Waals surface area (Å²) in [5.74, 6) is -0.869. The number of sulfonamides is 1. The van der Waals surface area contributed by atoms with E-state index < -0.39 is 22.1 Å². The zero-order valence-corrected chi connectivity index (χ0v) is 21.3. The number of hydrogen-bond donors (Lipinski definition) is 2. The van der Waals surface area contributed by atoms with Crippen LogP contribution in [0.15, 0.2) is 40.6 Å². The van der Waals surface area contributed by atoms with Crippen LogP contribution in [0.5, 0.6) is 0 Å². The largest absolute Gasteiger partial charge is 0.350 e. The molecule has 1 saturated heterocycles. The molecule has 3 N–H and O–H groups in total. The summed E-state index contributed by atoms with van der Waals surface area (Å²) in [5.41, 5.74) is 7.31. The zero-order chi connectivity index (χ0) is 24.5. The highest BCUT2D eigenvalue weighted by atomic mass is 35.5. The van der Waals surface area contributed by atoms with Crippen LogP contribution in [0.1, 0.15) is 48.0 Å². The van der Waals surface area contributed by atoms with Crippen LogP contribution in [0.2, 0.25) is 4.34 Å². The second-order valence-electron chi connectivity index (χ2n) is 8.89. The number of nitrogens with zero attached hydrogens (tertiary/aromatic N) is 2. The van der Waals surface area contributed by atoms with E-state index in [2.05, 4.69) is 5.32 Å². The van der Waals surface area contributed by atoms with Gasteiger partial charge in [-0.05, 0) is 63.3 Å². The molecular weight excluding hydrogens is 496 g/mol. The van der Waals surface area contributed by atoms with Gasteiger partial charge in [0.05, 0.1) is 4.34 Å². The number of benzene rings is 1. The number of carbonyl (C=O) groups is 2. The van der Waals surface area contributed by atoms with Crippen LogP contribution in [-0.2, 0) is 14.8 Å². The minimum atomic E-state index is -4.05. The maximum atomic E-state index is 13.6. The topological polar surface area (TPSA) is 113 Å². The number of halogens is 1. The summed E-state index contributed by atoms with van der Waals surface area (Å²) in [6.07, 6.45) is 2.15. The van der Waals surface area contributed by atoms with E-state index in [1.165, 1.54) is 17.0 Å². The Labute approximate surface area is 209 Å². The van der Waals surface area contributed by atoms with Gasteiger partial charge in [-0.3, -0.25) is 9.59 Å². The molecule has 0 bridgehead atoms. The molecule has 2 fully saturated rings. The lowest BCUT2D eigenvalue weighted by Crippen LogP contribution is -2.64. The lowest BCUT2D eigenvalue weighted by Gasteiger charge is -2.42. The average molecular weight is 525 g/mol. The first kappa shape index (κ1) is 25.1. The molecular formula is C23H29ClN4O4S2. The maximum absolute atomic E-state index is 13.6. The Morgan fingerprint density at radius 3 is 2.50 bits per heavy atom. The molecule has 1 aliphatic heterocycles. The van der Waals surface area contributed by atoms with E-state index in [0.717, 1.165) is 46.9 Å². The van der Waals surface area contributed by atoms with Crippen LogP contribution in [-0.4, -0.2) is 60.8 Å². The van der Waals surface area contributed by atoms with Crippen molar-refractivity contribution in [2.75, 3.05) is 13.1 Å². The number of rotatable bonds is 5. The van der Waals surface area contributed by atoms with Crippen LogP contribution < -0.4 is 11.1 Å². The van der Waals surface area contributed by atoms with E-state index in [1.807, 2.05) is 13.0 Å². The highest BCUT2D eigenvalue weighted by Gasteiger charge is 2.45. The molecule has 0 radical (unpaired) electrons. The molecule has 1 aromatic carbocycles. The summed E-state index contributed by atoms with van der Waals surface area (Å²) in [4.78, 5) is 28.5. The van der Waals surface area contributed by atoms with Crippen molar-refractivity contribution < 1.29 is 18.0 Å². The van der Waals surface area contributed by atoms with Gasteiger partial charge >= 0.3 is 0 Å². The van der Waals surface area contributed by atoms with Gasteiger partial charge < -0.3 is 16.0 Å². The first-order valence-electron chi connectivity index (χ1n) is 11.4. The number of hydrogen-bond acceptors (Lipinski definition) is 6. The Kier molecular flexibility index (Phi) is 7.63. The molecule has 1 aliphatic carbocycles. The van der Waals surface area contributed by atoms with Gasteiger partial charge in [-0.1, -0.05) is 29.3 Å². The third kappa shape index (κ3) is 5.31. The lowest BCUT2D eigenvalue weighted by molar-refractivity contribution is -0.132. The molecule has 2 amide bonds. The van der Waals surface area contributed by atoms with Crippen LogP contribution >= 0.6 is 22.9 Å². The Hall–Kier alpha value is -1.98. The predicted octanol–water partition coefficient (Wildman–Crippen LogP) is 2.96. The summed E-state index contributed by atoms with van der Waals surface area (Å²) in [5, 5.41) is 3.00. The number of amides is 2. The maximum Gasteiger partial charge on any atom is 0.259 e. The summed E-state index contributed by atoms with van der Waals surface area (Å²) in [6.45, 7) is 2.28. The predicted molar refractivity (Wildman–Crippen MR) is 132 cm³/mol. The molecule has 184 valence electrons. The van der Waals surface area contributed by atoms with Gasteiger partial charge in [0.1, 0.15) is 4.21 Å². The second-order valence-corrected chi connectivity index (χ2v) is 12.7. The molecule has 1 saturated carbocycles. The van der Waals surface area contributed by atoms with Gasteiger partial charge in [0.2, 0.25) is 0 Å². The summed E-state index contributed by atoms with van der Waals surface area (Å²) in [6, 6.07) is 10.0. The van der Waals surface area contributed by atoms with Crippen LogP contribution in [0, 0.1) is 6.92 Å². The Morgan fingerprint density at radius 2 is 1.85 bits per heavy atom. The van der Waals surface area contributed by atoms with Crippen molar-refractivity contribution in [3.63, 3.8) is 0 Å². The second kappa shape index (κ2) is 10.3. The molecule has 4 rings (SSSR count). The van der Waals surface area contributed by atoms with Crippen molar-refractivity contribution >= 4 is 44.8 Å². The fourth-order valence-electron chi connectivity index (χ4n) is 4.57. The molecule has 1 aromatic heterocycles. The number of carbonyl (C=O) groups excluding carboxylic acids is 2. The van der Waals surface area contributed by atoms with Gasteiger partial charge in [0.15, 0.2) is 6.17 Å². The van der Waals surface area contributed by atoms with Crippen LogP contribution in [0.3, 0.4) is 0 Å². The number of nitrogens with one attached hydrogen (secondary N) is 1. The quantitative estimate of drug-likeness (QED) is 0.624. The molecule has 0 spiro atoms. The molecule has 11 heteroatoms. The lowest BCUT2D eigenvalue weighted by atomic mass is 9.92. The molecule has 34 heavy (non-hydrogen) atoms. The van der Waals surface area contributed by atoms with Crippen molar-refractivity contribution in [3.05, 3.63) is 51.9 Å². The molecule has 1 atom stereocenters. The van der Waals surface area contributed by atoms with Crippen molar-refractivity contribution in [3.8, 4) is 0 Å². The van der Waals surface area contributed by atoms with E-state index in [-0.39, 0.29) is 35.3 Å². The van der Waals surface area contributed by atoms with Gasteiger partial charge in [-0.2, -0.15) is 4.31 Å². The molecule has 2 aromatic rings. The summed E-state index contributed by atoms with van der Waals surface area (Å²) in [7, 11) is -4.05. The van der Waals surface area contributed by atoms with Gasteiger partial charge in [0.25, 0.3) is 21.8 Å². The highest BCUT2D eigenvalue weighted by Crippen LogP contribution is 2.32. The molecule has 2 heterocycles. The van der Waals surface area contributed by atoms with E-state index in [9.17, 15) is 18.0 Å². The van der Waals surface area contributed by atoms with Crippen molar-refractivity contribution in [1.82, 2.24) is 14.5 Å². The van der Waals surface area contributed by atoms with Crippen molar-refractivity contribution in [2.24, 2.45) is 5.73 Å². The molecule has 8 nitrogen and oxygen atoms in total. The van der Waals surface area contributed by atoms with Gasteiger partial charge in [-0.25, -0.2) is 8.42 Å². The van der Waals surface area contributed by atoms with Crippen molar-refractivity contribution in [2.45, 2.75) is 61.5 Å². The number of thiophene rings is 1. The fourth-order valence-corrected chi connectivity index (χ4v) is 7.77. The minimum absolute atomic E-state index is 0.0452. The number of aryl methyl sites for hydroxylation is 1. The smallest absolute Gasteiger partial charge is 0.259 e. The van der Waals surface area contributed by atoms with Gasteiger partial charge in [-0.15, -0.1) is 11.3 Å². The van der Waals surface area contributed by atoms with E-state index in [1.54, 1.807) is 18.2 Å². The standard InChI is InChI=1S/C23H29ClN4O4S2/c1-15-4-2-5-16(14-15)23(30)27-12-3-13-28(34(31,32)20-11-10-19(24)33-20)22(27)21(29)26-18-8-6-17(25)7-9-18/h2,4-5,10-11,14,17-18,22H,3,6-9,12-13,25H2,1H3,(H,26,29). The Morgan fingerprint density at radius 1 is 1.12 bits per heavy atom. The minimum Gasteiger partial charge on any atom is -0.350 e. The van der Waals surface area contributed by atoms with Gasteiger partial charge in [0, 0.05) is 30.7 Å². The van der Waals surface area contributed by atoms with E-state index in [0.29, 0.717) is 16.3 Å². The third-order valence-corrected chi connectivity index (χ3v) is 9.89. The average Bonchev–Trinajstić information content (AvgIpc) is 3.26. The zero-order valence-electron chi connectivity index (χ0n) is 18.9. The normalized spacial score (nSPS) is 24.1. The monoisotopic (exact) mass is 524 g/mol. The highest BCUT2D eigenvalue weighted by molar-refractivity contribution is 7.91. The van der Waals surface area contributed by atoms with E-state index >= 15 is 0 Å². The fraction of sp³-hybridized carbons (Fsp3) is 0.478. The SMILES string of the molecule is Cc1cccc(C(=O)N2CCCN(S(=O)(=O)c3ccc(Cl)s3)C2C(=O)NC2CCC(N)CC2)c1. The van der Waals surface area contributed by atoms with Crippen LogP contribution in [0.4, 0.5) is 0 Å². The van der Waals surface area contributed by atoms with E-state index in [4.69, 9.17) is 17.3 Å².